The SMILES string of the molecule is Cc1nccn1CC1CN(c2ncnc3sc4c(c23)CCC4)C1. The van der Waals surface area contributed by atoms with E-state index in [1.165, 1.54) is 39.9 Å². The average Bonchev–Trinajstić information content (AvgIpc) is 3.18. The molecule has 118 valence electrons. The van der Waals surface area contributed by atoms with Crippen LogP contribution < -0.4 is 4.90 Å². The molecule has 0 aromatic carbocycles. The summed E-state index contributed by atoms with van der Waals surface area (Å²) in [5, 5.41) is 1.34. The molecule has 0 atom stereocenters. The van der Waals surface area contributed by atoms with Gasteiger partial charge in [0.05, 0.1) is 5.39 Å². The van der Waals surface area contributed by atoms with Gasteiger partial charge in [0.25, 0.3) is 0 Å². The third-order valence-electron chi connectivity index (χ3n) is 5.12. The number of rotatable bonds is 3. The number of aromatic nitrogens is 4. The van der Waals surface area contributed by atoms with Crippen molar-refractivity contribution in [2.45, 2.75) is 32.7 Å². The van der Waals surface area contributed by atoms with Gasteiger partial charge in [0.1, 0.15) is 22.8 Å². The van der Waals surface area contributed by atoms with E-state index in [9.17, 15) is 0 Å². The zero-order valence-corrected chi connectivity index (χ0v) is 14.0. The summed E-state index contributed by atoms with van der Waals surface area (Å²) in [5.74, 6) is 2.94. The molecule has 3 aromatic rings. The summed E-state index contributed by atoms with van der Waals surface area (Å²) in [6, 6.07) is 0. The Balaban J connectivity index is 1.40. The second kappa shape index (κ2) is 5.03. The van der Waals surface area contributed by atoms with E-state index in [1.54, 1.807) is 6.33 Å². The van der Waals surface area contributed by atoms with Gasteiger partial charge in [-0.15, -0.1) is 11.3 Å². The van der Waals surface area contributed by atoms with E-state index >= 15 is 0 Å². The van der Waals surface area contributed by atoms with Crippen molar-refractivity contribution in [2.24, 2.45) is 5.92 Å². The fourth-order valence-corrected chi connectivity index (χ4v) is 5.11. The van der Waals surface area contributed by atoms with Crippen LogP contribution in [0.15, 0.2) is 18.7 Å². The van der Waals surface area contributed by atoms with Crippen molar-refractivity contribution in [1.82, 2.24) is 19.5 Å². The topological polar surface area (TPSA) is 46.8 Å². The van der Waals surface area contributed by atoms with E-state index < -0.39 is 0 Å². The molecule has 0 bridgehead atoms. The average molecular weight is 325 g/mol. The second-order valence-corrected chi connectivity index (χ2v) is 7.72. The Hall–Kier alpha value is -1.95. The molecule has 0 N–H and O–H groups in total. The number of hydrogen-bond donors (Lipinski definition) is 0. The smallest absolute Gasteiger partial charge is 0.141 e. The van der Waals surface area contributed by atoms with Gasteiger partial charge in [-0.2, -0.15) is 0 Å². The van der Waals surface area contributed by atoms with Gasteiger partial charge in [-0.1, -0.05) is 0 Å². The van der Waals surface area contributed by atoms with E-state index in [-0.39, 0.29) is 0 Å². The van der Waals surface area contributed by atoms with E-state index in [2.05, 4.69) is 37.5 Å². The summed E-state index contributed by atoms with van der Waals surface area (Å²) in [5.41, 5.74) is 1.52. The zero-order chi connectivity index (χ0) is 15.4. The second-order valence-electron chi connectivity index (χ2n) is 6.63. The minimum absolute atomic E-state index is 0.680. The summed E-state index contributed by atoms with van der Waals surface area (Å²) < 4.78 is 2.25. The molecule has 2 aliphatic rings. The maximum absolute atomic E-state index is 4.63. The number of thiophene rings is 1. The molecule has 1 aliphatic heterocycles. The first-order chi connectivity index (χ1) is 11.3. The highest BCUT2D eigenvalue weighted by molar-refractivity contribution is 7.19. The van der Waals surface area contributed by atoms with Crippen molar-refractivity contribution in [1.29, 1.82) is 0 Å². The largest absolute Gasteiger partial charge is 0.355 e. The molecule has 5 nitrogen and oxygen atoms in total. The Bertz CT molecular complexity index is 874. The zero-order valence-electron chi connectivity index (χ0n) is 13.2. The molecule has 1 fully saturated rings. The number of hydrogen-bond acceptors (Lipinski definition) is 5. The van der Waals surface area contributed by atoms with Crippen LogP contribution >= 0.6 is 11.3 Å². The van der Waals surface area contributed by atoms with Crippen molar-refractivity contribution >= 4 is 27.4 Å². The third kappa shape index (κ3) is 2.08. The van der Waals surface area contributed by atoms with E-state index in [4.69, 9.17) is 0 Å². The van der Waals surface area contributed by atoms with Crippen LogP contribution in [-0.4, -0.2) is 32.6 Å². The van der Waals surface area contributed by atoms with Crippen LogP contribution in [0.4, 0.5) is 5.82 Å². The maximum atomic E-state index is 4.63. The monoisotopic (exact) mass is 325 g/mol. The molecular weight excluding hydrogens is 306 g/mol. The Labute approximate surface area is 139 Å². The summed E-state index contributed by atoms with van der Waals surface area (Å²) in [6.45, 7) is 5.28. The van der Waals surface area contributed by atoms with Gasteiger partial charge in [0.15, 0.2) is 0 Å². The molecule has 3 aromatic heterocycles. The summed E-state index contributed by atoms with van der Waals surface area (Å²) in [6.07, 6.45) is 9.39. The first-order valence-corrected chi connectivity index (χ1v) is 9.09. The highest BCUT2D eigenvalue weighted by Crippen LogP contribution is 2.41. The number of aryl methyl sites for hydroxylation is 3. The normalized spacial score (nSPS) is 17.7. The summed E-state index contributed by atoms with van der Waals surface area (Å²) in [4.78, 5) is 18.6. The van der Waals surface area contributed by atoms with Crippen molar-refractivity contribution in [3.05, 3.63) is 35.0 Å². The fraction of sp³-hybridized carbons (Fsp3) is 0.471. The molecule has 1 saturated heterocycles. The van der Waals surface area contributed by atoms with E-state index in [0.717, 1.165) is 31.3 Å². The molecule has 0 amide bonds. The van der Waals surface area contributed by atoms with Gasteiger partial charge >= 0.3 is 0 Å². The summed E-state index contributed by atoms with van der Waals surface area (Å²) >= 11 is 1.87. The van der Waals surface area contributed by atoms with Gasteiger partial charge in [-0.05, 0) is 31.7 Å². The van der Waals surface area contributed by atoms with Crippen LogP contribution in [0.25, 0.3) is 10.2 Å². The molecule has 6 heteroatoms. The predicted octanol–water partition coefficient (Wildman–Crippen LogP) is 2.82. The first-order valence-electron chi connectivity index (χ1n) is 8.27. The lowest BCUT2D eigenvalue weighted by Gasteiger charge is -2.40. The maximum Gasteiger partial charge on any atom is 0.141 e. The van der Waals surface area contributed by atoms with Gasteiger partial charge in [-0.3, -0.25) is 0 Å². The number of fused-ring (bicyclic) bond motifs is 3. The van der Waals surface area contributed by atoms with Gasteiger partial charge in [0.2, 0.25) is 0 Å². The van der Waals surface area contributed by atoms with Crippen LogP contribution in [0.3, 0.4) is 0 Å². The van der Waals surface area contributed by atoms with Crippen molar-refractivity contribution < 1.29 is 0 Å². The number of imidazole rings is 1. The standard InChI is InChI=1S/C17H19N5S/c1-11-18-5-6-21(11)7-12-8-22(9-12)16-15-13-3-2-4-14(13)23-17(15)20-10-19-16/h5-6,10,12H,2-4,7-9H2,1H3. The Kier molecular flexibility index (Phi) is 2.95. The Morgan fingerprint density at radius 2 is 2.13 bits per heavy atom. The van der Waals surface area contributed by atoms with Crippen LogP contribution in [0.1, 0.15) is 22.7 Å². The van der Waals surface area contributed by atoms with Crippen molar-refractivity contribution in [3.63, 3.8) is 0 Å². The minimum Gasteiger partial charge on any atom is -0.355 e. The molecule has 1 aliphatic carbocycles. The molecule has 0 saturated carbocycles. The Morgan fingerprint density at radius 1 is 1.22 bits per heavy atom. The van der Waals surface area contributed by atoms with Gasteiger partial charge in [-0.25, -0.2) is 15.0 Å². The summed E-state index contributed by atoms with van der Waals surface area (Å²) in [7, 11) is 0. The predicted molar refractivity (Wildman–Crippen MR) is 92.1 cm³/mol. The molecule has 4 heterocycles. The third-order valence-corrected chi connectivity index (χ3v) is 6.32. The molecule has 0 radical (unpaired) electrons. The van der Waals surface area contributed by atoms with Crippen LogP contribution in [0, 0.1) is 12.8 Å². The lowest BCUT2D eigenvalue weighted by Crippen LogP contribution is -2.49. The first kappa shape index (κ1) is 13.5. The van der Waals surface area contributed by atoms with Crippen LogP contribution in [0.2, 0.25) is 0 Å². The van der Waals surface area contributed by atoms with Crippen molar-refractivity contribution in [2.75, 3.05) is 18.0 Å². The van der Waals surface area contributed by atoms with Gasteiger partial charge in [0, 0.05) is 42.8 Å². The quantitative estimate of drug-likeness (QED) is 0.743. The minimum atomic E-state index is 0.680. The molecule has 23 heavy (non-hydrogen) atoms. The Morgan fingerprint density at radius 3 is 2.96 bits per heavy atom. The molecule has 5 rings (SSSR count). The van der Waals surface area contributed by atoms with Crippen LogP contribution in [-0.2, 0) is 19.4 Å². The van der Waals surface area contributed by atoms with Crippen molar-refractivity contribution in [3.8, 4) is 0 Å². The van der Waals surface area contributed by atoms with Gasteiger partial charge < -0.3 is 9.47 Å². The number of nitrogens with zero attached hydrogens (tertiary/aromatic N) is 5. The van der Waals surface area contributed by atoms with Crippen LogP contribution in [0.5, 0.6) is 0 Å². The lowest BCUT2D eigenvalue weighted by atomic mass is 9.99. The molecule has 0 spiro atoms. The number of anilines is 1. The fourth-order valence-electron chi connectivity index (χ4n) is 3.88. The highest BCUT2D eigenvalue weighted by atomic mass is 32.1. The highest BCUT2D eigenvalue weighted by Gasteiger charge is 2.31. The lowest BCUT2D eigenvalue weighted by molar-refractivity contribution is 0.353. The van der Waals surface area contributed by atoms with E-state index in [1.807, 2.05) is 17.5 Å². The molecule has 0 unspecified atom stereocenters. The van der Waals surface area contributed by atoms with E-state index in [0.29, 0.717) is 5.92 Å². The molecular formula is C17H19N5S.